The van der Waals surface area contributed by atoms with E-state index in [-0.39, 0.29) is 12.1 Å². The van der Waals surface area contributed by atoms with Crippen molar-refractivity contribution in [2.24, 2.45) is 5.92 Å². The molecule has 24 heavy (non-hydrogen) atoms. The lowest BCUT2D eigenvalue weighted by Crippen LogP contribution is -2.33. The van der Waals surface area contributed by atoms with Crippen molar-refractivity contribution in [3.05, 3.63) is 24.0 Å². The summed E-state index contributed by atoms with van der Waals surface area (Å²) in [7, 11) is 0. The van der Waals surface area contributed by atoms with E-state index in [1.807, 2.05) is 0 Å². The number of benzene rings is 1. The van der Waals surface area contributed by atoms with Gasteiger partial charge in [-0.3, -0.25) is 0 Å². The van der Waals surface area contributed by atoms with Crippen molar-refractivity contribution >= 4 is 11.7 Å². The molecular formula is C17H23FN2O4. The molecule has 7 heteroatoms. The average Bonchev–Trinajstić information content (AvgIpc) is 3.26. The van der Waals surface area contributed by atoms with Crippen LogP contribution in [-0.4, -0.2) is 45.1 Å². The number of carbonyl (C=O) groups excluding carboxylic acids is 1. The van der Waals surface area contributed by atoms with Gasteiger partial charge in [-0.15, -0.1) is 0 Å². The molecule has 1 aromatic carbocycles. The fraction of sp³-hybridized carbons (Fsp3) is 0.588. The van der Waals surface area contributed by atoms with E-state index in [4.69, 9.17) is 14.2 Å². The molecule has 0 spiro atoms. The Morgan fingerprint density at radius 3 is 3.00 bits per heavy atom. The van der Waals surface area contributed by atoms with Crippen molar-refractivity contribution in [3.8, 4) is 5.75 Å². The number of ether oxygens (including phenoxy) is 3. The first-order valence-electron chi connectivity index (χ1n) is 8.37. The van der Waals surface area contributed by atoms with Crippen LogP contribution in [0.4, 0.5) is 14.9 Å². The van der Waals surface area contributed by atoms with Gasteiger partial charge in [-0.1, -0.05) is 0 Å². The highest BCUT2D eigenvalue weighted by molar-refractivity contribution is 5.90. The van der Waals surface area contributed by atoms with Gasteiger partial charge in [-0.2, -0.15) is 0 Å². The van der Waals surface area contributed by atoms with Gasteiger partial charge >= 0.3 is 6.03 Å². The zero-order valence-corrected chi connectivity index (χ0v) is 13.6. The highest BCUT2D eigenvalue weighted by Crippen LogP contribution is 2.26. The van der Waals surface area contributed by atoms with Crippen LogP contribution < -0.4 is 15.4 Å². The van der Waals surface area contributed by atoms with Crippen LogP contribution in [0, 0.1) is 11.7 Å². The maximum Gasteiger partial charge on any atom is 0.319 e. The van der Waals surface area contributed by atoms with Crippen LogP contribution in [0.2, 0.25) is 0 Å². The quantitative estimate of drug-likeness (QED) is 0.836. The summed E-state index contributed by atoms with van der Waals surface area (Å²) < 4.78 is 30.0. The van der Waals surface area contributed by atoms with Crippen LogP contribution in [0.15, 0.2) is 18.2 Å². The van der Waals surface area contributed by atoms with Gasteiger partial charge in [0.1, 0.15) is 18.2 Å². The van der Waals surface area contributed by atoms with E-state index in [9.17, 15) is 9.18 Å². The lowest BCUT2D eigenvalue weighted by molar-refractivity contribution is 0.0682. The number of halogens is 1. The van der Waals surface area contributed by atoms with Crippen molar-refractivity contribution in [1.82, 2.24) is 5.32 Å². The molecule has 0 saturated carbocycles. The van der Waals surface area contributed by atoms with Crippen LogP contribution >= 0.6 is 0 Å². The van der Waals surface area contributed by atoms with E-state index >= 15 is 0 Å². The van der Waals surface area contributed by atoms with Crippen LogP contribution in [0.3, 0.4) is 0 Å². The number of hydrogen-bond acceptors (Lipinski definition) is 4. The van der Waals surface area contributed by atoms with Crippen molar-refractivity contribution in [2.75, 3.05) is 38.3 Å². The van der Waals surface area contributed by atoms with Gasteiger partial charge in [0.05, 0.1) is 18.4 Å². The van der Waals surface area contributed by atoms with Crippen molar-refractivity contribution in [3.63, 3.8) is 0 Å². The molecule has 2 heterocycles. The molecule has 1 aromatic rings. The zero-order chi connectivity index (χ0) is 16.8. The van der Waals surface area contributed by atoms with Crippen LogP contribution in [0.5, 0.6) is 5.75 Å². The molecule has 0 unspecified atom stereocenters. The standard InChI is InChI=1S/C17H23FN2O4/c18-13-3-4-16(24-11-14-2-1-6-23-14)15(8-13)20-17(21)19-9-12-5-7-22-10-12/h3-4,8,12,14H,1-2,5-7,9-11H2,(H2,19,20,21)/t12-,14+/m0/s1. The Hall–Kier alpha value is -1.86. The summed E-state index contributed by atoms with van der Waals surface area (Å²) in [6, 6.07) is 3.70. The molecule has 2 atom stereocenters. The summed E-state index contributed by atoms with van der Waals surface area (Å²) in [4.78, 5) is 12.0. The minimum absolute atomic E-state index is 0.0547. The van der Waals surface area contributed by atoms with E-state index in [2.05, 4.69) is 10.6 Å². The van der Waals surface area contributed by atoms with E-state index in [1.165, 1.54) is 18.2 Å². The first-order valence-corrected chi connectivity index (χ1v) is 8.37. The summed E-state index contributed by atoms with van der Waals surface area (Å²) in [6.07, 6.45) is 2.97. The van der Waals surface area contributed by atoms with Gasteiger partial charge in [0.25, 0.3) is 0 Å². The van der Waals surface area contributed by atoms with Gasteiger partial charge < -0.3 is 24.8 Å². The van der Waals surface area contributed by atoms with Gasteiger partial charge in [-0.25, -0.2) is 9.18 Å². The molecule has 2 amide bonds. The summed E-state index contributed by atoms with van der Waals surface area (Å²) in [5.74, 6) is 0.337. The van der Waals surface area contributed by atoms with E-state index in [0.717, 1.165) is 32.5 Å². The fourth-order valence-electron chi connectivity index (χ4n) is 2.83. The monoisotopic (exact) mass is 338 g/mol. The molecule has 0 aliphatic carbocycles. The molecule has 2 saturated heterocycles. The highest BCUT2D eigenvalue weighted by Gasteiger charge is 2.19. The molecule has 2 aliphatic rings. The van der Waals surface area contributed by atoms with Crippen LogP contribution in [0.25, 0.3) is 0 Å². The van der Waals surface area contributed by atoms with E-state index < -0.39 is 5.82 Å². The largest absolute Gasteiger partial charge is 0.489 e. The molecule has 0 aromatic heterocycles. The zero-order valence-electron chi connectivity index (χ0n) is 13.6. The topological polar surface area (TPSA) is 68.8 Å². The molecule has 0 radical (unpaired) electrons. The second-order valence-corrected chi connectivity index (χ2v) is 6.15. The molecule has 2 N–H and O–H groups in total. The first-order chi connectivity index (χ1) is 11.7. The molecular weight excluding hydrogens is 315 g/mol. The van der Waals surface area contributed by atoms with Crippen LogP contribution in [-0.2, 0) is 9.47 Å². The average molecular weight is 338 g/mol. The fourth-order valence-corrected chi connectivity index (χ4v) is 2.83. The molecule has 132 valence electrons. The maximum atomic E-state index is 13.5. The Morgan fingerprint density at radius 2 is 2.25 bits per heavy atom. The summed E-state index contributed by atoms with van der Waals surface area (Å²) in [6.45, 7) is 3.07. The van der Waals surface area contributed by atoms with E-state index in [1.54, 1.807) is 0 Å². The lowest BCUT2D eigenvalue weighted by Gasteiger charge is -2.16. The minimum Gasteiger partial charge on any atom is -0.489 e. The van der Waals surface area contributed by atoms with Crippen molar-refractivity contribution in [2.45, 2.75) is 25.4 Å². The number of amides is 2. The summed E-state index contributed by atoms with van der Waals surface area (Å²) in [5, 5.41) is 5.44. The van der Waals surface area contributed by atoms with Crippen molar-refractivity contribution < 1.29 is 23.4 Å². The summed E-state index contributed by atoms with van der Waals surface area (Å²) in [5.41, 5.74) is 0.313. The van der Waals surface area contributed by atoms with Gasteiger partial charge in [0.2, 0.25) is 0 Å². The minimum atomic E-state index is -0.432. The Kier molecular flexibility index (Phi) is 5.87. The van der Waals surface area contributed by atoms with Crippen LogP contribution in [0.1, 0.15) is 19.3 Å². The second-order valence-electron chi connectivity index (χ2n) is 6.15. The number of carbonyl (C=O) groups is 1. The molecule has 2 fully saturated rings. The number of rotatable bonds is 6. The molecule has 0 bridgehead atoms. The predicted octanol–water partition coefficient (Wildman–Crippen LogP) is 2.54. The predicted molar refractivity (Wildman–Crippen MR) is 86.8 cm³/mol. The first kappa shape index (κ1) is 17.0. The Balaban J connectivity index is 1.54. The Bertz CT molecular complexity index is 558. The number of anilines is 1. The van der Waals surface area contributed by atoms with E-state index in [0.29, 0.717) is 37.1 Å². The Labute approximate surface area is 140 Å². The third kappa shape index (κ3) is 4.82. The third-order valence-corrected chi connectivity index (χ3v) is 4.21. The summed E-state index contributed by atoms with van der Waals surface area (Å²) >= 11 is 0. The smallest absolute Gasteiger partial charge is 0.319 e. The third-order valence-electron chi connectivity index (χ3n) is 4.21. The second kappa shape index (κ2) is 8.30. The molecule has 2 aliphatic heterocycles. The SMILES string of the molecule is O=C(NC[C@@H]1CCOC1)Nc1cc(F)ccc1OC[C@H]1CCCO1. The van der Waals surface area contributed by atoms with Gasteiger partial charge in [0.15, 0.2) is 0 Å². The Morgan fingerprint density at radius 1 is 1.33 bits per heavy atom. The molecule has 6 nitrogen and oxygen atoms in total. The number of hydrogen-bond donors (Lipinski definition) is 2. The normalized spacial score (nSPS) is 23.2. The highest BCUT2D eigenvalue weighted by atomic mass is 19.1. The number of nitrogens with one attached hydrogen (secondary N) is 2. The maximum absolute atomic E-state index is 13.5. The number of urea groups is 1. The molecule has 3 rings (SSSR count). The lowest BCUT2D eigenvalue weighted by atomic mass is 10.1. The van der Waals surface area contributed by atoms with Gasteiger partial charge in [-0.05, 0) is 31.4 Å². The van der Waals surface area contributed by atoms with Gasteiger partial charge in [0, 0.05) is 31.7 Å². The van der Waals surface area contributed by atoms with Crippen molar-refractivity contribution in [1.29, 1.82) is 0 Å².